The van der Waals surface area contributed by atoms with Crippen LogP contribution >= 0.6 is 11.3 Å². The molecule has 0 unspecified atom stereocenters. The number of nitrogens with zero attached hydrogens (tertiary/aromatic N) is 1. The number of nitrogens with one attached hydrogen (secondary N) is 1. The molecule has 4 heteroatoms. The monoisotopic (exact) mass is 326 g/mol. The molecule has 0 spiro atoms. The molecule has 1 saturated carbocycles. The van der Waals surface area contributed by atoms with Crippen LogP contribution in [0.5, 0.6) is 0 Å². The summed E-state index contributed by atoms with van der Waals surface area (Å²) in [6.07, 6.45) is 4.54. The van der Waals surface area contributed by atoms with Gasteiger partial charge in [0, 0.05) is 12.1 Å². The van der Waals surface area contributed by atoms with Crippen molar-refractivity contribution in [2.45, 2.75) is 43.8 Å². The van der Waals surface area contributed by atoms with E-state index in [0.29, 0.717) is 12.1 Å². The van der Waals surface area contributed by atoms with Crippen LogP contribution in [0.3, 0.4) is 0 Å². The first kappa shape index (κ1) is 14.9. The van der Waals surface area contributed by atoms with Crippen LogP contribution in [0, 0.1) is 0 Å². The molecule has 2 fully saturated rings. The fourth-order valence-electron chi connectivity index (χ4n) is 3.56. The first-order chi connectivity index (χ1) is 11.3. The van der Waals surface area contributed by atoms with Crippen LogP contribution in [0.2, 0.25) is 0 Å². The number of amides is 1. The van der Waals surface area contributed by atoms with Crippen LogP contribution in [-0.4, -0.2) is 23.4 Å². The zero-order valence-electron chi connectivity index (χ0n) is 13.2. The topological polar surface area (TPSA) is 32.3 Å². The second-order valence-electron chi connectivity index (χ2n) is 6.55. The molecule has 2 aliphatic rings. The average molecular weight is 326 g/mol. The van der Waals surface area contributed by atoms with E-state index in [2.05, 4.69) is 39.2 Å². The number of hydrogen-bond acceptors (Lipinski definition) is 3. The summed E-state index contributed by atoms with van der Waals surface area (Å²) in [5.74, 6) is 0.167. The predicted molar refractivity (Wildman–Crippen MR) is 93.3 cm³/mol. The van der Waals surface area contributed by atoms with Gasteiger partial charge in [-0.1, -0.05) is 30.3 Å². The highest BCUT2D eigenvalue weighted by Crippen LogP contribution is 2.39. The molecule has 120 valence electrons. The molecule has 2 aromatic rings. The maximum absolute atomic E-state index is 12.9. The molecule has 1 saturated heterocycles. The Hall–Kier alpha value is -1.65. The van der Waals surface area contributed by atoms with Crippen LogP contribution in [0.15, 0.2) is 47.2 Å². The summed E-state index contributed by atoms with van der Waals surface area (Å²) in [6.45, 7) is 0.984. The largest absolute Gasteiger partial charge is 0.352 e. The molecular formula is C19H22N2OS. The van der Waals surface area contributed by atoms with Gasteiger partial charge in [0.15, 0.2) is 0 Å². The maximum Gasteiger partial charge on any atom is 0.242 e. The molecule has 1 N–H and O–H groups in total. The van der Waals surface area contributed by atoms with Crippen LogP contribution in [0.1, 0.15) is 48.9 Å². The Morgan fingerprint density at radius 2 is 2.00 bits per heavy atom. The Bertz CT molecular complexity index is 651. The van der Waals surface area contributed by atoms with E-state index in [1.54, 1.807) is 11.3 Å². The Balaban J connectivity index is 1.64. The number of rotatable bonds is 5. The number of hydrogen-bond donors (Lipinski definition) is 1. The highest BCUT2D eigenvalue weighted by Gasteiger charge is 2.38. The van der Waals surface area contributed by atoms with Gasteiger partial charge in [-0.05, 0) is 60.2 Å². The smallest absolute Gasteiger partial charge is 0.242 e. The zero-order chi connectivity index (χ0) is 15.6. The van der Waals surface area contributed by atoms with Gasteiger partial charge >= 0.3 is 0 Å². The van der Waals surface area contributed by atoms with E-state index in [9.17, 15) is 4.79 Å². The highest BCUT2D eigenvalue weighted by atomic mass is 32.1. The lowest BCUT2D eigenvalue weighted by atomic mass is 10.0. The molecule has 1 aliphatic heterocycles. The molecule has 23 heavy (non-hydrogen) atoms. The van der Waals surface area contributed by atoms with Gasteiger partial charge in [-0.3, -0.25) is 9.69 Å². The van der Waals surface area contributed by atoms with E-state index in [4.69, 9.17) is 0 Å². The first-order valence-corrected chi connectivity index (χ1v) is 9.40. The van der Waals surface area contributed by atoms with Gasteiger partial charge in [0.05, 0.1) is 0 Å². The third kappa shape index (κ3) is 3.19. The zero-order valence-corrected chi connectivity index (χ0v) is 14.0. The Labute approximate surface area is 141 Å². The van der Waals surface area contributed by atoms with Crippen molar-refractivity contribution in [1.29, 1.82) is 0 Å². The highest BCUT2D eigenvalue weighted by molar-refractivity contribution is 7.07. The summed E-state index contributed by atoms with van der Waals surface area (Å²) in [5.41, 5.74) is 2.46. The van der Waals surface area contributed by atoms with Crippen LogP contribution in [0.25, 0.3) is 0 Å². The van der Waals surface area contributed by atoms with E-state index in [0.717, 1.165) is 37.8 Å². The van der Waals surface area contributed by atoms with Gasteiger partial charge < -0.3 is 5.32 Å². The van der Waals surface area contributed by atoms with Crippen molar-refractivity contribution in [1.82, 2.24) is 10.2 Å². The summed E-state index contributed by atoms with van der Waals surface area (Å²) in [4.78, 5) is 15.3. The van der Waals surface area contributed by atoms with Crippen LogP contribution in [-0.2, 0) is 4.79 Å². The van der Waals surface area contributed by atoms with Gasteiger partial charge in [-0.15, -0.1) is 0 Å². The number of carbonyl (C=O) groups excluding carboxylic acids is 1. The van der Waals surface area contributed by atoms with Gasteiger partial charge in [-0.2, -0.15) is 11.3 Å². The van der Waals surface area contributed by atoms with Crippen molar-refractivity contribution in [2.24, 2.45) is 0 Å². The predicted octanol–water partition coefficient (Wildman–Crippen LogP) is 3.90. The van der Waals surface area contributed by atoms with E-state index in [-0.39, 0.29) is 11.9 Å². The fraction of sp³-hybridized carbons (Fsp3) is 0.421. The molecule has 1 aromatic heterocycles. The molecule has 1 amide bonds. The summed E-state index contributed by atoms with van der Waals surface area (Å²) >= 11 is 1.74. The van der Waals surface area contributed by atoms with Gasteiger partial charge in [-0.25, -0.2) is 0 Å². The molecule has 0 bridgehead atoms. The number of thiophene rings is 1. The maximum atomic E-state index is 12.9. The van der Waals surface area contributed by atoms with Gasteiger partial charge in [0.25, 0.3) is 0 Å². The molecule has 3 nitrogen and oxygen atoms in total. The van der Waals surface area contributed by atoms with Crippen molar-refractivity contribution < 1.29 is 4.79 Å². The second-order valence-corrected chi connectivity index (χ2v) is 7.33. The van der Waals surface area contributed by atoms with E-state index >= 15 is 0 Å². The van der Waals surface area contributed by atoms with E-state index < -0.39 is 0 Å². The number of likely N-dealkylation sites (tertiary alicyclic amines) is 1. The average Bonchev–Trinajstić information content (AvgIpc) is 3.04. The summed E-state index contributed by atoms with van der Waals surface area (Å²) < 4.78 is 0. The molecule has 2 heterocycles. The minimum atomic E-state index is -0.177. The third-order valence-corrected chi connectivity index (χ3v) is 5.54. The first-order valence-electron chi connectivity index (χ1n) is 8.46. The van der Waals surface area contributed by atoms with Crippen LogP contribution in [0.4, 0.5) is 0 Å². The second kappa shape index (κ2) is 6.46. The lowest BCUT2D eigenvalue weighted by molar-refractivity contribution is -0.127. The summed E-state index contributed by atoms with van der Waals surface area (Å²) in [6, 6.07) is 13.0. The SMILES string of the molecule is O=C(NC1CC1)[C@H](c1ccccc1)N1CCC[C@H]1c1ccsc1. The third-order valence-electron chi connectivity index (χ3n) is 4.84. The lowest BCUT2D eigenvalue weighted by Gasteiger charge is -2.32. The molecule has 0 radical (unpaired) electrons. The van der Waals surface area contributed by atoms with Gasteiger partial charge in [0.2, 0.25) is 5.91 Å². The molecule has 2 atom stereocenters. The molecule has 4 rings (SSSR count). The minimum Gasteiger partial charge on any atom is -0.352 e. The standard InChI is InChI=1S/C19H22N2OS/c22-19(20-16-8-9-16)18(14-5-2-1-3-6-14)21-11-4-7-17(21)15-10-12-23-13-15/h1-3,5-6,10,12-13,16-18H,4,7-9,11H2,(H,20,22)/t17-,18-/m0/s1. The lowest BCUT2D eigenvalue weighted by Crippen LogP contribution is -2.41. The van der Waals surface area contributed by atoms with E-state index in [1.807, 2.05) is 18.2 Å². The summed E-state index contributed by atoms with van der Waals surface area (Å²) in [5, 5.41) is 7.58. The Morgan fingerprint density at radius 3 is 2.70 bits per heavy atom. The Kier molecular flexibility index (Phi) is 4.19. The van der Waals surface area contributed by atoms with Crippen molar-refractivity contribution in [3.05, 3.63) is 58.3 Å². The van der Waals surface area contributed by atoms with Crippen LogP contribution < -0.4 is 5.32 Å². The quantitative estimate of drug-likeness (QED) is 0.903. The molecule has 1 aliphatic carbocycles. The fourth-order valence-corrected chi connectivity index (χ4v) is 4.26. The molecule has 1 aromatic carbocycles. The van der Waals surface area contributed by atoms with Crippen molar-refractivity contribution in [3.63, 3.8) is 0 Å². The Morgan fingerprint density at radius 1 is 1.17 bits per heavy atom. The van der Waals surface area contributed by atoms with Crippen molar-refractivity contribution in [3.8, 4) is 0 Å². The summed E-state index contributed by atoms with van der Waals surface area (Å²) in [7, 11) is 0. The van der Waals surface area contributed by atoms with Gasteiger partial charge in [0.1, 0.15) is 6.04 Å². The number of benzene rings is 1. The van der Waals surface area contributed by atoms with E-state index in [1.165, 1.54) is 5.56 Å². The normalized spacial score (nSPS) is 22.9. The molecular weight excluding hydrogens is 304 g/mol. The number of carbonyl (C=O) groups is 1. The van der Waals surface area contributed by atoms with Crippen molar-refractivity contribution in [2.75, 3.05) is 6.54 Å². The van der Waals surface area contributed by atoms with Crippen molar-refractivity contribution >= 4 is 17.2 Å². The minimum absolute atomic E-state index is 0.167.